The van der Waals surface area contributed by atoms with E-state index in [9.17, 15) is 29.7 Å². The molecular weight excluding hydrogens is 1400 g/mol. The molecule has 28 nitrogen and oxygen atoms in total. The molecule has 0 unspecified atom stereocenters. The molecule has 4 aliphatic heterocycles. The molecule has 592 valence electrons. The van der Waals surface area contributed by atoms with Crippen molar-refractivity contribution in [1.82, 2.24) is 19.6 Å². The van der Waals surface area contributed by atoms with Crippen LogP contribution in [-0.4, -0.2) is 227 Å². The van der Waals surface area contributed by atoms with Crippen LogP contribution < -0.4 is 0 Å². The summed E-state index contributed by atoms with van der Waals surface area (Å²) in [5, 5.41) is 22.7. The number of esters is 8. The molecule has 8 aliphatic rings. The number of hydrogen-bond donors (Lipinski definition) is 0. The maximum atomic E-state index is 15.5. The zero-order valence-corrected chi connectivity index (χ0v) is 65.7. The fraction of sp³-hybridized carbons (Fsp3) is 0.654. The first-order valence-corrected chi connectivity index (χ1v) is 37.7. The number of hydrogen-bond acceptors (Lipinski definition) is 26. The number of nitriles is 2. The summed E-state index contributed by atoms with van der Waals surface area (Å²) in [6.45, 7) is 32.4. The maximum absolute atomic E-state index is 15.5. The highest BCUT2D eigenvalue weighted by molar-refractivity contribution is 6.04. The molecule has 0 aromatic carbocycles. The van der Waals surface area contributed by atoms with E-state index in [1.807, 2.05) is 87.1 Å². The first kappa shape index (κ1) is 85.3. The van der Waals surface area contributed by atoms with Crippen LogP contribution in [0.5, 0.6) is 0 Å². The smallest absolute Gasteiger partial charge is 0.349 e. The second-order valence-corrected chi connectivity index (χ2v) is 32.3. The highest BCUT2D eigenvalue weighted by Gasteiger charge is 2.48. The molecule has 28 heteroatoms. The number of ether oxygens (including phenoxy) is 12. The molecule has 4 fully saturated rings. The molecule has 0 aromatic rings. The molecule has 0 spiro atoms. The molecule has 8 rings (SSSR count). The molecule has 0 atom stereocenters. The number of rotatable bonds is 32. The van der Waals surface area contributed by atoms with Crippen LogP contribution in [0.25, 0.3) is 9.69 Å². The number of methoxy groups -OCH3 is 4. The Kier molecular flexibility index (Phi) is 30.0. The lowest BCUT2D eigenvalue weighted by Crippen LogP contribution is -2.44. The minimum atomic E-state index is -2.41. The van der Waals surface area contributed by atoms with Crippen molar-refractivity contribution < 1.29 is 95.2 Å². The van der Waals surface area contributed by atoms with Gasteiger partial charge in [0.2, 0.25) is 0 Å². The van der Waals surface area contributed by atoms with Crippen LogP contribution >= 0.6 is 0 Å². The topological polar surface area (TPSA) is 317 Å². The Hall–Kier alpha value is -9.32. The molecule has 0 radical (unpaired) electrons. The summed E-state index contributed by atoms with van der Waals surface area (Å²) in [7, 11) is 5.75. The highest BCUT2D eigenvalue weighted by Crippen LogP contribution is 2.50. The second kappa shape index (κ2) is 38.4. The Morgan fingerprint density at radius 1 is 0.349 bits per heavy atom. The number of likely N-dealkylation sites (tertiary alicyclic amines) is 4. The minimum Gasteiger partial charge on any atom is -0.470 e. The van der Waals surface area contributed by atoms with Gasteiger partial charge >= 0.3 is 47.8 Å². The molecule has 4 aliphatic carbocycles. The molecule has 0 N–H and O–H groups in total. The third-order valence-corrected chi connectivity index (χ3v) is 20.9. The first-order valence-electron chi connectivity index (χ1n) is 37.7. The van der Waals surface area contributed by atoms with Gasteiger partial charge in [0, 0.05) is 104 Å². The Bertz CT molecular complexity index is 3420. The molecule has 0 bridgehead atoms. The fourth-order valence-corrected chi connectivity index (χ4v) is 15.7. The van der Waals surface area contributed by atoms with E-state index in [-0.39, 0.29) is 123 Å². The third-order valence-electron chi connectivity index (χ3n) is 20.9. The van der Waals surface area contributed by atoms with Crippen molar-refractivity contribution >= 4 is 47.8 Å². The van der Waals surface area contributed by atoms with Crippen LogP contribution in [-0.2, 0) is 95.2 Å². The quantitative estimate of drug-likeness (QED) is 0.0151. The van der Waals surface area contributed by atoms with E-state index in [0.29, 0.717) is 101 Å². The summed E-state index contributed by atoms with van der Waals surface area (Å²) in [6, 6.07) is 4.00. The van der Waals surface area contributed by atoms with Crippen LogP contribution in [0.1, 0.15) is 158 Å². The summed E-state index contributed by atoms with van der Waals surface area (Å²) in [6.07, 6.45) is 7.74. The van der Waals surface area contributed by atoms with Crippen molar-refractivity contribution in [2.45, 2.75) is 158 Å². The van der Waals surface area contributed by atoms with Crippen molar-refractivity contribution in [2.24, 2.45) is 27.1 Å². The molecule has 4 saturated heterocycles. The van der Waals surface area contributed by atoms with Gasteiger partial charge in [-0.2, -0.15) is 10.5 Å². The first-order chi connectivity index (χ1) is 51.9. The summed E-state index contributed by atoms with van der Waals surface area (Å²) in [5.41, 5.74) is -5.63. The van der Waals surface area contributed by atoms with Gasteiger partial charge < -0.3 is 76.4 Å². The lowest BCUT2D eigenvalue weighted by molar-refractivity contribution is -0.165. The standard InChI is InChI=1S/C81H108N8O20/c1-77(2)39-53(63(71(92)102-35-31-98-11)59(43-77)86-23-15-16-24-86)57(47-82)69(90)106-49-81(50-107-70(91)58(48-83)54-40-78(3,4)44-60(87-25-17-18-26-87)64(54)72(93)103-36-32-99-12,51-108-75(96)67(84-9)55-41-79(5,6)45-61(88-27-19-20-28-88)65(55)73(94)104-37-33-100-13)52-109-76(97)68(85-10)56-42-80(7,8)46-62(89-29-21-22-30-89)66(56)74(95)105-38-34-101-14/h15-46,49-52H2,1-8,11-14H3/b57-53+,58-54+,67-55-,68-56+. The van der Waals surface area contributed by atoms with Crippen LogP contribution in [0.3, 0.4) is 0 Å². The Morgan fingerprint density at radius 3 is 0.789 bits per heavy atom. The summed E-state index contributed by atoms with van der Waals surface area (Å²) >= 11 is 0. The van der Waals surface area contributed by atoms with Gasteiger partial charge in [-0.25, -0.2) is 38.5 Å². The van der Waals surface area contributed by atoms with Crippen molar-refractivity contribution in [3.63, 3.8) is 0 Å². The lowest BCUT2D eigenvalue weighted by Gasteiger charge is -2.39. The van der Waals surface area contributed by atoms with E-state index in [2.05, 4.69) is 9.69 Å². The highest BCUT2D eigenvalue weighted by atomic mass is 16.6. The lowest BCUT2D eigenvalue weighted by atomic mass is 9.72. The van der Waals surface area contributed by atoms with Gasteiger partial charge in [0.05, 0.1) is 61.9 Å². The van der Waals surface area contributed by atoms with Crippen molar-refractivity contribution in [3.05, 3.63) is 113 Å². The van der Waals surface area contributed by atoms with Crippen molar-refractivity contribution in [3.8, 4) is 12.1 Å². The van der Waals surface area contributed by atoms with Gasteiger partial charge in [-0.3, -0.25) is 9.59 Å². The predicted octanol–water partition coefficient (Wildman–Crippen LogP) is 9.57. The van der Waals surface area contributed by atoms with Crippen LogP contribution in [0.4, 0.5) is 0 Å². The largest absolute Gasteiger partial charge is 0.470 e. The van der Waals surface area contributed by atoms with E-state index in [0.717, 1.165) is 51.4 Å². The van der Waals surface area contributed by atoms with E-state index in [4.69, 9.17) is 70.0 Å². The van der Waals surface area contributed by atoms with Gasteiger partial charge in [0.25, 0.3) is 11.4 Å². The summed E-state index contributed by atoms with van der Waals surface area (Å²) in [5.74, 6) is -8.69. The van der Waals surface area contributed by atoms with Crippen molar-refractivity contribution in [1.29, 1.82) is 10.5 Å². The summed E-state index contributed by atoms with van der Waals surface area (Å²) in [4.78, 5) is 136. The van der Waals surface area contributed by atoms with Gasteiger partial charge in [0.15, 0.2) is 0 Å². The van der Waals surface area contributed by atoms with Crippen LogP contribution in [0, 0.1) is 62.9 Å². The van der Waals surface area contributed by atoms with Gasteiger partial charge in [-0.1, -0.05) is 55.4 Å². The Balaban J connectivity index is 1.36. The fourth-order valence-electron chi connectivity index (χ4n) is 15.7. The normalized spacial score (nSPS) is 21.5. The molecule has 109 heavy (non-hydrogen) atoms. The Morgan fingerprint density at radius 2 is 0.569 bits per heavy atom. The van der Waals surface area contributed by atoms with Crippen LogP contribution in [0.2, 0.25) is 0 Å². The van der Waals surface area contributed by atoms with E-state index in [1.165, 1.54) is 28.4 Å². The van der Waals surface area contributed by atoms with Crippen LogP contribution in [0.15, 0.2) is 89.9 Å². The monoisotopic (exact) mass is 1510 g/mol. The molecular formula is C81H108N8O20. The molecule has 0 aromatic heterocycles. The SMILES string of the molecule is [C-]#[N+]/C(C(=O)OCC(COC(=O)/C(C#N)=C1\CC(C)(C)CC(N2CCCC2)=C1C(=O)OCCOC)(COC(=O)/C(C#N)=C1\CC(C)(C)CC(N2CCCC2)=C1C(=O)OCCOC)COC(=O)/C([N+]#[C-])=C1/CC(C)(C)CC(N2CCCC2)=C1C(=O)OCCOC)=C1/CC(C)(C)CC(N2CCCC2)=C1C(=O)OCCOC. The zero-order valence-electron chi connectivity index (χ0n) is 65.7. The van der Waals surface area contributed by atoms with E-state index in [1.54, 1.807) is 0 Å². The molecule has 0 amide bonds. The van der Waals surface area contributed by atoms with Gasteiger partial charge in [-0.05, 0) is 147 Å². The van der Waals surface area contributed by atoms with E-state index < -0.39 is 124 Å². The third kappa shape index (κ3) is 21.6. The number of carbonyl (C=O) groups excluding carboxylic acids is 8. The Labute approximate surface area is 640 Å². The van der Waals surface area contributed by atoms with Gasteiger partial charge in [-0.15, -0.1) is 0 Å². The number of allylic oxidation sites excluding steroid dienone is 4. The molecule has 0 saturated carbocycles. The maximum Gasteiger partial charge on any atom is 0.349 e. The predicted molar refractivity (Wildman–Crippen MR) is 394 cm³/mol. The summed E-state index contributed by atoms with van der Waals surface area (Å²) < 4.78 is 69.0. The molecule has 4 heterocycles. The zero-order chi connectivity index (χ0) is 79.4. The number of nitrogens with zero attached hydrogens (tertiary/aromatic N) is 8. The van der Waals surface area contributed by atoms with E-state index >= 15 is 19.2 Å². The number of carbonyl (C=O) groups is 8. The second-order valence-electron chi connectivity index (χ2n) is 32.3. The average Bonchev–Trinajstić information content (AvgIpc) is 1.63. The van der Waals surface area contributed by atoms with Crippen molar-refractivity contribution in [2.75, 3.05) is 160 Å². The minimum absolute atomic E-state index is 0.00529. The average molecular weight is 1510 g/mol. The van der Waals surface area contributed by atoms with Gasteiger partial charge in [0.1, 0.15) is 81.6 Å².